The first-order valence-electron chi connectivity index (χ1n) is 5.35. The molecule has 4 N–H and O–H groups in total. The Labute approximate surface area is 110 Å². The standard InChI is InChI=1S/C12H16N2O3S/c1-17-12(16)10(13)7-18-6-8-4-2-3-5-9(8)11(14)15/h2-5,10H,6-7,13H2,1H3,(H2,14,15). The van der Waals surface area contributed by atoms with Crippen LogP contribution in [-0.4, -0.2) is 30.8 Å². The second kappa shape index (κ2) is 7.03. The van der Waals surface area contributed by atoms with Gasteiger partial charge in [0.2, 0.25) is 5.91 Å². The van der Waals surface area contributed by atoms with Crippen LogP contribution >= 0.6 is 11.8 Å². The molecule has 0 heterocycles. The highest BCUT2D eigenvalue weighted by molar-refractivity contribution is 7.98. The van der Waals surface area contributed by atoms with Crippen molar-refractivity contribution in [3.8, 4) is 0 Å². The molecule has 1 atom stereocenters. The van der Waals surface area contributed by atoms with E-state index in [9.17, 15) is 9.59 Å². The van der Waals surface area contributed by atoms with E-state index in [1.54, 1.807) is 12.1 Å². The summed E-state index contributed by atoms with van der Waals surface area (Å²) in [6.45, 7) is 0. The maximum Gasteiger partial charge on any atom is 0.323 e. The maximum absolute atomic E-state index is 11.2. The fraction of sp³-hybridized carbons (Fsp3) is 0.333. The maximum atomic E-state index is 11.2. The summed E-state index contributed by atoms with van der Waals surface area (Å²) in [5.41, 5.74) is 12.2. The van der Waals surface area contributed by atoms with Crippen molar-refractivity contribution in [1.29, 1.82) is 0 Å². The van der Waals surface area contributed by atoms with E-state index < -0.39 is 17.9 Å². The third-order valence-corrected chi connectivity index (χ3v) is 3.45. The molecule has 0 aliphatic heterocycles. The summed E-state index contributed by atoms with van der Waals surface area (Å²) in [4.78, 5) is 22.3. The van der Waals surface area contributed by atoms with Gasteiger partial charge in [-0.15, -0.1) is 0 Å². The Morgan fingerprint density at radius 1 is 1.39 bits per heavy atom. The molecule has 0 aliphatic carbocycles. The predicted octanol–water partition coefficient (Wildman–Crippen LogP) is 0.519. The Hall–Kier alpha value is -1.53. The van der Waals surface area contributed by atoms with E-state index >= 15 is 0 Å². The summed E-state index contributed by atoms with van der Waals surface area (Å²) in [6, 6.07) is 6.45. The second-order valence-electron chi connectivity index (χ2n) is 3.67. The van der Waals surface area contributed by atoms with Crippen LogP contribution < -0.4 is 11.5 Å². The lowest BCUT2D eigenvalue weighted by atomic mass is 10.1. The van der Waals surface area contributed by atoms with Crippen LogP contribution in [-0.2, 0) is 15.3 Å². The molecule has 0 bridgehead atoms. The molecule has 18 heavy (non-hydrogen) atoms. The molecule has 98 valence electrons. The minimum absolute atomic E-state index is 0.430. The van der Waals surface area contributed by atoms with Gasteiger partial charge in [0.15, 0.2) is 0 Å². The molecule has 0 radical (unpaired) electrons. The van der Waals surface area contributed by atoms with Gasteiger partial charge in [0.1, 0.15) is 6.04 Å². The Balaban J connectivity index is 2.54. The summed E-state index contributed by atoms with van der Waals surface area (Å²) >= 11 is 1.46. The van der Waals surface area contributed by atoms with Crippen LogP contribution in [0.3, 0.4) is 0 Å². The van der Waals surface area contributed by atoms with E-state index in [1.807, 2.05) is 12.1 Å². The molecule has 1 unspecified atom stereocenters. The molecule has 0 saturated carbocycles. The quantitative estimate of drug-likeness (QED) is 0.733. The Morgan fingerprint density at radius 2 is 2.06 bits per heavy atom. The molecule has 6 heteroatoms. The van der Waals surface area contributed by atoms with Crippen molar-refractivity contribution in [2.24, 2.45) is 11.5 Å². The van der Waals surface area contributed by atoms with Gasteiger partial charge < -0.3 is 16.2 Å². The van der Waals surface area contributed by atoms with Gasteiger partial charge in [0.05, 0.1) is 7.11 Å². The second-order valence-corrected chi connectivity index (χ2v) is 4.70. The average molecular weight is 268 g/mol. The van der Waals surface area contributed by atoms with E-state index in [2.05, 4.69) is 4.74 Å². The monoisotopic (exact) mass is 268 g/mol. The number of carbonyl (C=O) groups is 2. The molecule has 1 rings (SSSR count). The van der Waals surface area contributed by atoms with Crippen molar-refractivity contribution in [2.45, 2.75) is 11.8 Å². The summed E-state index contributed by atoms with van der Waals surface area (Å²) in [6.07, 6.45) is 0. The van der Waals surface area contributed by atoms with Gasteiger partial charge in [-0.25, -0.2) is 0 Å². The van der Waals surface area contributed by atoms with Crippen LogP contribution in [0.5, 0.6) is 0 Å². The van der Waals surface area contributed by atoms with Crippen LogP contribution in [0, 0.1) is 0 Å². The van der Waals surface area contributed by atoms with Gasteiger partial charge in [-0.3, -0.25) is 9.59 Å². The fourth-order valence-corrected chi connectivity index (χ4v) is 2.38. The Bertz CT molecular complexity index is 437. The van der Waals surface area contributed by atoms with Crippen LogP contribution in [0.2, 0.25) is 0 Å². The largest absolute Gasteiger partial charge is 0.468 e. The van der Waals surface area contributed by atoms with Crippen molar-refractivity contribution < 1.29 is 14.3 Å². The number of benzene rings is 1. The normalized spacial score (nSPS) is 11.9. The number of methoxy groups -OCH3 is 1. The topological polar surface area (TPSA) is 95.4 Å². The zero-order chi connectivity index (χ0) is 13.5. The number of rotatable bonds is 6. The smallest absolute Gasteiger partial charge is 0.323 e. The molecule has 0 aliphatic rings. The lowest BCUT2D eigenvalue weighted by Gasteiger charge is -2.10. The first-order valence-corrected chi connectivity index (χ1v) is 6.50. The van der Waals surface area contributed by atoms with Crippen LogP contribution in [0.25, 0.3) is 0 Å². The SMILES string of the molecule is COC(=O)C(N)CSCc1ccccc1C(N)=O. The molecule has 0 aromatic heterocycles. The number of amides is 1. The Morgan fingerprint density at radius 3 is 2.67 bits per heavy atom. The van der Waals surface area contributed by atoms with E-state index in [-0.39, 0.29) is 0 Å². The molecule has 5 nitrogen and oxygen atoms in total. The minimum atomic E-state index is -0.652. The third-order valence-electron chi connectivity index (χ3n) is 2.34. The highest BCUT2D eigenvalue weighted by Crippen LogP contribution is 2.16. The number of esters is 1. The summed E-state index contributed by atoms with van der Waals surface area (Å²) in [5.74, 6) is 0.109. The lowest BCUT2D eigenvalue weighted by Crippen LogP contribution is -2.33. The van der Waals surface area contributed by atoms with E-state index in [0.717, 1.165) is 5.56 Å². The highest BCUT2D eigenvalue weighted by Gasteiger charge is 2.14. The minimum Gasteiger partial charge on any atom is -0.468 e. The van der Waals surface area contributed by atoms with Gasteiger partial charge >= 0.3 is 5.97 Å². The highest BCUT2D eigenvalue weighted by atomic mass is 32.2. The molecular weight excluding hydrogens is 252 g/mol. The molecule has 1 amide bonds. The number of carbonyl (C=O) groups excluding carboxylic acids is 2. The van der Waals surface area contributed by atoms with Crippen molar-refractivity contribution in [3.05, 3.63) is 35.4 Å². The van der Waals surface area contributed by atoms with Crippen molar-refractivity contribution in [3.63, 3.8) is 0 Å². The molecule has 1 aromatic rings. The van der Waals surface area contributed by atoms with Crippen LogP contribution in [0.15, 0.2) is 24.3 Å². The molecular formula is C12H16N2O3S. The van der Waals surface area contributed by atoms with E-state index in [0.29, 0.717) is 17.1 Å². The van der Waals surface area contributed by atoms with Gasteiger partial charge in [0.25, 0.3) is 0 Å². The van der Waals surface area contributed by atoms with E-state index in [4.69, 9.17) is 11.5 Å². The van der Waals surface area contributed by atoms with E-state index in [1.165, 1.54) is 18.9 Å². The first kappa shape index (κ1) is 14.5. The average Bonchev–Trinajstić information content (AvgIpc) is 2.38. The van der Waals surface area contributed by atoms with Crippen molar-refractivity contribution in [2.75, 3.05) is 12.9 Å². The van der Waals surface area contributed by atoms with Crippen LogP contribution in [0.1, 0.15) is 15.9 Å². The zero-order valence-electron chi connectivity index (χ0n) is 10.1. The number of ether oxygens (including phenoxy) is 1. The summed E-state index contributed by atoms with van der Waals surface area (Å²) in [5, 5.41) is 0. The number of primary amides is 1. The zero-order valence-corrected chi connectivity index (χ0v) is 10.9. The molecule has 0 saturated heterocycles. The Kier molecular flexibility index (Phi) is 5.67. The van der Waals surface area contributed by atoms with Crippen LogP contribution in [0.4, 0.5) is 0 Å². The first-order chi connectivity index (χ1) is 8.56. The molecule has 0 spiro atoms. The van der Waals surface area contributed by atoms with Crippen molar-refractivity contribution in [1.82, 2.24) is 0 Å². The molecule has 1 aromatic carbocycles. The number of hydrogen-bond acceptors (Lipinski definition) is 5. The number of thioether (sulfide) groups is 1. The third kappa shape index (κ3) is 4.05. The lowest BCUT2D eigenvalue weighted by molar-refractivity contribution is -0.141. The summed E-state index contributed by atoms with van der Waals surface area (Å²) < 4.78 is 4.53. The van der Waals surface area contributed by atoms with Gasteiger partial charge in [-0.1, -0.05) is 18.2 Å². The number of nitrogens with two attached hydrogens (primary N) is 2. The fourth-order valence-electron chi connectivity index (χ4n) is 1.40. The predicted molar refractivity (Wildman–Crippen MR) is 71.1 cm³/mol. The van der Waals surface area contributed by atoms with Gasteiger partial charge in [0, 0.05) is 17.1 Å². The molecule has 0 fully saturated rings. The summed E-state index contributed by atoms with van der Waals surface area (Å²) in [7, 11) is 1.30. The van der Waals surface area contributed by atoms with Gasteiger partial charge in [-0.2, -0.15) is 11.8 Å². The number of hydrogen-bond donors (Lipinski definition) is 2. The van der Waals surface area contributed by atoms with Gasteiger partial charge in [-0.05, 0) is 11.6 Å². The van der Waals surface area contributed by atoms with Crippen molar-refractivity contribution >= 4 is 23.6 Å².